The van der Waals surface area contributed by atoms with Crippen molar-refractivity contribution in [2.75, 3.05) is 15.5 Å². The third kappa shape index (κ3) is 2.98. The largest absolute Gasteiger partial charge is 0.399 e. The van der Waals surface area contributed by atoms with E-state index in [0.29, 0.717) is 17.8 Å². The van der Waals surface area contributed by atoms with Gasteiger partial charge in [-0.15, -0.1) is 0 Å². The molecule has 0 saturated carbocycles. The molecule has 1 heterocycles. The molecule has 6 heteroatoms. The number of carbonyl (C=O) groups excluding carboxylic acids is 3. The molecule has 0 saturated heterocycles. The summed E-state index contributed by atoms with van der Waals surface area (Å²) in [4.78, 5) is 40.0. The molecule has 0 spiro atoms. The SMILES string of the molecule is CC(=O)N(C(=O)C(=O)N1c2ccccc2CC1C)c1cccc(N)c1. The third-order valence-electron chi connectivity index (χ3n) is 4.26. The van der Waals surface area contributed by atoms with E-state index in [1.807, 2.05) is 31.2 Å². The highest BCUT2D eigenvalue weighted by Crippen LogP contribution is 2.32. The summed E-state index contributed by atoms with van der Waals surface area (Å²) in [5.41, 5.74) is 8.15. The van der Waals surface area contributed by atoms with Gasteiger partial charge in [-0.3, -0.25) is 14.4 Å². The Balaban J connectivity index is 1.96. The molecule has 2 N–H and O–H groups in total. The first kappa shape index (κ1) is 16.7. The van der Waals surface area contributed by atoms with Gasteiger partial charge in [0.15, 0.2) is 0 Å². The number of nitrogens with zero attached hydrogens (tertiary/aromatic N) is 2. The molecular formula is C19H19N3O3. The minimum atomic E-state index is -0.887. The van der Waals surface area contributed by atoms with E-state index in [-0.39, 0.29) is 11.7 Å². The van der Waals surface area contributed by atoms with Crippen LogP contribution >= 0.6 is 0 Å². The van der Waals surface area contributed by atoms with Crippen molar-refractivity contribution in [1.82, 2.24) is 0 Å². The van der Waals surface area contributed by atoms with E-state index < -0.39 is 17.7 Å². The Hall–Kier alpha value is -3.15. The zero-order valence-electron chi connectivity index (χ0n) is 14.1. The molecule has 2 aromatic carbocycles. The van der Waals surface area contributed by atoms with E-state index in [0.717, 1.165) is 10.5 Å². The zero-order chi connectivity index (χ0) is 18.1. The van der Waals surface area contributed by atoms with Crippen LogP contribution in [0.2, 0.25) is 0 Å². The van der Waals surface area contributed by atoms with Crippen molar-refractivity contribution < 1.29 is 14.4 Å². The second-order valence-corrected chi connectivity index (χ2v) is 6.11. The standard InChI is InChI=1S/C19H19N3O3/c1-12-10-14-6-3-4-9-17(14)21(12)18(24)19(25)22(13(2)23)16-8-5-7-15(20)11-16/h3-9,11-12H,10,20H2,1-2H3. The van der Waals surface area contributed by atoms with Gasteiger partial charge in [-0.1, -0.05) is 24.3 Å². The van der Waals surface area contributed by atoms with Crippen LogP contribution < -0.4 is 15.5 Å². The molecule has 128 valence electrons. The Morgan fingerprint density at radius 2 is 1.84 bits per heavy atom. The van der Waals surface area contributed by atoms with Crippen LogP contribution in [0.4, 0.5) is 17.1 Å². The number of para-hydroxylation sites is 1. The maximum atomic E-state index is 12.9. The monoisotopic (exact) mass is 337 g/mol. The number of nitrogen functional groups attached to an aromatic ring is 1. The Morgan fingerprint density at radius 1 is 1.12 bits per heavy atom. The molecule has 25 heavy (non-hydrogen) atoms. The maximum Gasteiger partial charge on any atom is 0.323 e. The van der Waals surface area contributed by atoms with Crippen LogP contribution in [0.25, 0.3) is 0 Å². The molecular weight excluding hydrogens is 318 g/mol. The van der Waals surface area contributed by atoms with E-state index >= 15 is 0 Å². The Kier molecular flexibility index (Phi) is 4.27. The number of hydrogen-bond donors (Lipinski definition) is 1. The van der Waals surface area contributed by atoms with Gasteiger partial charge in [0.1, 0.15) is 0 Å². The summed E-state index contributed by atoms with van der Waals surface area (Å²) in [6.07, 6.45) is 0.674. The number of nitrogens with two attached hydrogens (primary N) is 1. The number of anilines is 3. The number of hydrogen-bond acceptors (Lipinski definition) is 4. The van der Waals surface area contributed by atoms with Gasteiger partial charge in [-0.05, 0) is 43.2 Å². The fourth-order valence-electron chi connectivity index (χ4n) is 3.18. The van der Waals surface area contributed by atoms with Gasteiger partial charge < -0.3 is 10.6 Å². The number of benzene rings is 2. The van der Waals surface area contributed by atoms with Crippen LogP contribution in [0.3, 0.4) is 0 Å². The van der Waals surface area contributed by atoms with Crippen molar-refractivity contribution in [2.45, 2.75) is 26.3 Å². The van der Waals surface area contributed by atoms with E-state index in [2.05, 4.69) is 0 Å². The van der Waals surface area contributed by atoms with Crippen LogP contribution in [-0.4, -0.2) is 23.8 Å². The third-order valence-corrected chi connectivity index (χ3v) is 4.26. The molecule has 1 unspecified atom stereocenters. The summed E-state index contributed by atoms with van der Waals surface area (Å²) in [5, 5.41) is 0. The number of amides is 3. The first-order chi connectivity index (χ1) is 11.9. The number of rotatable bonds is 1. The molecule has 2 aromatic rings. The summed E-state index contributed by atoms with van der Waals surface area (Å²) >= 11 is 0. The lowest BCUT2D eigenvalue weighted by Gasteiger charge is -2.25. The Morgan fingerprint density at radius 3 is 2.52 bits per heavy atom. The second kappa shape index (κ2) is 6.39. The topological polar surface area (TPSA) is 83.7 Å². The second-order valence-electron chi connectivity index (χ2n) is 6.11. The maximum absolute atomic E-state index is 12.9. The van der Waals surface area contributed by atoms with Crippen molar-refractivity contribution in [3.05, 3.63) is 54.1 Å². The Labute approximate surface area is 145 Å². The molecule has 1 aliphatic rings. The highest BCUT2D eigenvalue weighted by molar-refractivity contribution is 6.49. The lowest BCUT2D eigenvalue weighted by atomic mass is 10.1. The van der Waals surface area contributed by atoms with Crippen LogP contribution in [0.5, 0.6) is 0 Å². The van der Waals surface area contributed by atoms with E-state index in [1.165, 1.54) is 17.9 Å². The predicted octanol–water partition coefficient (Wildman–Crippen LogP) is 2.13. The number of carbonyl (C=O) groups is 3. The summed E-state index contributed by atoms with van der Waals surface area (Å²) in [5.74, 6) is -2.15. The molecule has 1 aliphatic heterocycles. The van der Waals surface area contributed by atoms with Crippen LogP contribution in [0.15, 0.2) is 48.5 Å². The minimum absolute atomic E-state index is 0.150. The summed E-state index contributed by atoms with van der Waals surface area (Å²) in [7, 11) is 0. The molecule has 0 aromatic heterocycles. The number of fused-ring (bicyclic) bond motifs is 1. The lowest BCUT2D eigenvalue weighted by molar-refractivity contribution is -0.138. The fourth-order valence-corrected chi connectivity index (χ4v) is 3.18. The summed E-state index contributed by atoms with van der Waals surface area (Å²) < 4.78 is 0. The molecule has 3 rings (SSSR count). The average Bonchev–Trinajstić information content (AvgIpc) is 2.89. The van der Waals surface area contributed by atoms with E-state index in [9.17, 15) is 14.4 Å². The normalized spacial score (nSPS) is 15.6. The quantitative estimate of drug-likeness (QED) is 0.638. The van der Waals surface area contributed by atoms with Crippen molar-refractivity contribution >= 4 is 34.8 Å². The van der Waals surface area contributed by atoms with Crippen LogP contribution in [0, 0.1) is 0 Å². The molecule has 0 radical (unpaired) electrons. The van der Waals surface area contributed by atoms with Crippen molar-refractivity contribution in [1.29, 1.82) is 0 Å². The number of imide groups is 1. The Bertz CT molecular complexity index is 862. The fraction of sp³-hybridized carbons (Fsp3) is 0.211. The molecule has 0 bridgehead atoms. The zero-order valence-corrected chi connectivity index (χ0v) is 14.1. The minimum Gasteiger partial charge on any atom is -0.399 e. The lowest BCUT2D eigenvalue weighted by Crippen LogP contribution is -2.49. The first-order valence-corrected chi connectivity index (χ1v) is 8.02. The van der Waals surface area contributed by atoms with Crippen molar-refractivity contribution in [3.8, 4) is 0 Å². The van der Waals surface area contributed by atoms with Crippen LogP contribution in [-0.2, 0) is 20.8 Å². The molecule has 3 amide bonds. The smallest absolute Gasteiger partial charge is 0.323 e. The van der Waals surface area contributed by atoms with Gasteiger partial charge in [0.25, 0.3) is 0 Å². The van der Waals surface area contributed by atoms with E-state index in [4.69, 9.17) is 5.73 Å². The van der Waals surface area contributed by atoms with Gasteiger partial charge in [-0.2, -0.15) is 0 Å². The highest BCUT2D eigenvalue weighted by atomic mass is 16.2. The molecule has 0 fully saturated rings. The summed E-state index contributed by atoms with van der Waals surface area (Å²) in [6, 6.07) is 13.7. The average molecular weight is 337 g/mol. The molecule has 0 aliphatic carbocycles. The van der Waals surface area contributed by atoms with Gasteiger partial charge >= 0.3 is 11.8 Å². The van der Waals surface area contributed by atoms with Gasteiger partial charge in [0.05, 0.1) is 5.69 Å². The highest BCUT2D eigenvalue weighted by Gasteiger charge is 2.37. The predicted molar refractivity (Wildman–Crippen MR) is 96.1 cm³/mol. The van der Waals surface area contributed by atoms with Crippen molar-refractivity contribution in [3.63, 3.8) is 0 Å². The first-order valence-electron chi connectivity index (χ1n) is 8.02. The van der Waals surface area contributed by atoms with Gasteiger partial charge in [0, 0.05) is 24.3 Å². The van der Waals surface area contributed by atoms with Gasteiger partial charge in [-0.25, -0.2) is 4.90 Å². The van der Waals surface area contributed by atoms with Gasteiger partial charge in [0.2, 0.25) is 5.91 Å². The van der Waals surface area contributed by atoms with E-state index in [1.54, 1.807) is 18.2 Å². The van der Waals surface area contributed by atoms with Crippen molar-refractivity contribution in [2.24, 2.45) is 0 Å². The molecule has 6 nitrogen and oxygen atoms in total. The molecule has 1 atom stereocenters. The summed E-state index contributed by atoms with van der Waals surface area (Å²) in [6.45, 7) is 3.12. The van der Waals surface area contributed by atoms with Crippen LogP contribution in [0.1, 0.15) is 19.4 Å².